The first kappa shape index (κ1) is 17.8. The fourth-order valence-corrected chi connectivity index (χ4v) is 2.98. The fraction of sp³-hybridized carbons (Fsp3) is 0.0455. The summed E-state index contributed by atoms with van der Waals surface area (Å²) in [7, 11) is 0. The molecule has 2 aromatic heterocycles. The van der Waals surface area contributed by atoms with E-state index < -0.39 is 11.0 Å². The van der Waals surface area contributed by atoms with E-state index in [9.17, 15) is 10.0 Å². The summed E-state index contributed by atoms with van der Waals surface area (Å²) < 4.78 is 0. The molecular formula is C22H18N4O2. The zero-order valence-electron chi connectivity index (χ0n) is 15.0. The molecule has 6 nitrogen and oxygen atoms in total. The van der Waals surface area contributed by atoms with Crippen LogP contribution in [0.2, 0.25) is 0 Å². The van der Waals surface area contributed by atoms with Crippen molar-refractivity contribution < 1.29 is 9.86 Å². The smallest absolute Gasteiger partial charge is 0.352 e. The number of anilines is 1. The first-order valence-electron chi connectivity index (χ1n) is 8.88. The van der Waals surface area contributed by atoms with Crippen LogP contribution in [0.25, 0.3) is 10.8 Å². The van der Waals surface area contributed by atoms with Crippen LogP contribution in [-0.2, 0) is 6.54 Å². The molecule has 2 heterocycles. The van der Waals surface area contributed by atoms with Gasteiger partial charge >= 0.3 is 5.91 Å². The number of carbonyl (C=O) groups excluding carboxylic acids is 1. The van der Waals surface area contributed by atoms with E-state index >= 15 is 0 Å². The lowest BCUT2D eigenvalue weighted by molar-refractivity contribution is -0.682. The molecule has 0 saturated carbocycles. The number of fused-ring (bicyclic) bond motifs is 1. The summed E-state index contributed by atoms with van der Waals surface area (Å²) in [4.78, 5) is 21.0. The van der Waals surface area contributed by atoms with Gasteiger partial charge < -0.3 is 10.5 Å². The van der Waals surface area contributed by atoms with Crippen LogP contribution in [0.3, 0.4) is 0 Å². The van der Waals surface area contributed by atoms with E-state index in [1.807, 2.05) is 42.5 Å². The Kier molecular flexibility index (Phi) is 5.05. The van der Waals surface area contributed by atoms with Gasteiger partial charge in [0.15, 0.2) is 0 Å². The Morgan fingerprint density at radius 2 is 1.68 bits per heavy atom. The number of carbonyl (C=O) groups is 1. The summed E-state index contributed by atoms with van der Waals surface area (Å²) in [5.74, 6) is -0.437. The first-order chi connectivity index (χ1) is 13.7. The number of benzene rings is 2. The Labute approximate surface area is 162 Å². The highest BCUT2D eigenvalue weighted by Crippen LogP contribution is 2.17. The molecule has 2 N–H and O–H groups in total. The van der Waals surface area contributed by atoms with Crippen LogP contribution >= 0.6 is 0 Å². The van der Waals surface area contributed by atoms with Gasteiger partial charge in [0, 0.05) is 36.6 Å². The summed E-state index contributed by atoms with van der Waals surface area (Å²) >= 11 is 0. The van der Waals surface area contributed by atoms with E-state index in [1.165, 1.54) is 0 Å². The van der Waals surface area contributed by atoms with Gasteiger partial charge in [-0.15, -0.1) is 0 Å². The third-order valence-electron chi connectivity index (χ3n) is 4.47. The Hall–Kier alpha value is -3.61. The van der Waals surface area contributed by atoms with Crippen LogP contribution in [0.1, 0.15) is 15.9 Å². The van der Waals surface area contributed by atoms with Crippen molar-refractivity contribution in [3.63, 3.8) is 0 Å². The summed E-state index contributed by atoms with van der Waals surface area (Å²) in [5.41, 5.74) is 1.97. The lowest BCUT2D eigenvalue weighted by Crippen LogP contribution is -3.05. The molecule has 4 aromatic rings. The molecule has 1 atom stereocenters. The first-order valence-corrected chi connectivity index (χ1v) is 8.88. The van der Waals surface area contributed by atoms with Crippen molar-refractivity contribution >= 4 is 28.2 Å². The van der Waals surface area contributed by atoms with Gasteiger partial charge in [-0.2, -0.15) is 0 Å². The van der Waals surface area contributed by atoms with Crippen LogP contribution in [0, 0.1) is 5.21 Å². The molecule has 0 aliphatic heterocycles. The Balaban J connectivity index is 1.58. The molecule has 0 bridgehead atoms. The second kappa shape index (κ2) is 7.96. The van der Waals surface area contributed by atoms with Crippen LogP contribution in [0.15, 0.2) is 85.3 Å². The molecule has 6 heteroatoms. The molecule has 0 aliphatic carbocycles. The van der Waals surface area contributed by atoms with Gasteiger partial charge in [-0.3, -0.25) is 10.0 Å². The predicted molar refractivity (Wildman–Crippen MR) is 108 cm³/mol. The van der Waals surface area contributed by atoms with Crippen LogP contribution in [0.4, 0.5) is 11.5 Å². The zero-order valence-corrected chi connectivity index (χ0v) is 15.0. The second-order valence-electron chi connectivity index (χ2n) is 6.33. The van der Waals surface area contributed by atoms with E-state index in [-0.39, 0.29) is 5.82 Å². The number of nitrogens with one attached hydrogen (secondary N) is 2. The normalized spacial score (nSPS) is 11.9. The summed E-state index contributed by atoms with van der Waals surface area (Å²) in [6.07, 6.45) is 5.04. The minimum Gasteiger partial charge on any atom is -0.620 e. The number of para-hydroxylation sites is 1. The van der Waals surface area contributed by atoms with Crippen molar-refractivity contribution in [2.24, 2.45) is 0 Å². The largest absolute Gasteiger partial charge is 0.620 e. The summed E-state index contributed by atoms with van der Waals surface area (Å²) in [6, 6.07) is 20.0. The van der Waals surface area contributed by atoms with E-state index in [2.05, 4.69) is 15.3 Å². The molecule has 0 spiro atoms. The second-order valence-corrected chi connectivity index (χ2v) is 6.33. The number of hydrogen-bond acceptors (Lipinski definition) is 5. The molecule has 1 unspecified atom stereocenters. The molecule has 1 amide bonds. The molecule has 2 aromatic carbocycles. The molecule has 0 saturated heterocycles. The SMILES string of the molecule is O=C(c1ccccc1NCc1ccncc1)[NH+]([O-])c1cc2ccccc2cn1. The number of hydrogen-bond donors (Lipinski definition) is 2. The Morgan fingerprint density at radius 1 is 0.964 bits per heavy atom. The van der Waals surface area contributed by atoms with Crippen molar-refractivity contribution in [1.82, 2.24) is 9.97 Å². The number of nitrogens with zero attached hydrogens (tertiary/aromatic N) is 2. The van der Waals surface area contributed by atoms with Gasteiger partial charge in [-0.25, -0.2) is 9.78 Å². The number of quaternary nitrogens is 1. The average molecular weight is 370 g/mol. The third-order valence-corrected chi connectivity index (χ3v) is 4.47. The lowest BCUT2D eigenvalue weighted by Gasteiger charge is -2.20. The maximum atomic E-state index is 12.9. The Bertz CT molecular complexity index is 1120. The molecule has 0 fully saturated rings. The van der Waals surface area contributed by atoms with Crippen LogP contribution in [0.5, 0.6) is 0 Å². The third kappa shape index (κ3) is 3.73. The predicted octanol–water partition coefficient (Wildman–Crippen LogP) is 3.10. The van der Waals surface area contributed by atoms with E-state index in [0.29, 0.717) is 17.8 Å². The summed E-state index contributed by atoms with van der Waals surface area (Å²) in [5, 5.41) is 17.2. The van der Waals surface area contributed by atoms with E-state index in [0.717, 1.165) is 16.3 Å². The quantitative estimate of drug-likeness (QED) is 0.528. The highest BCUT2D eigenvalue weighted by molar-refractivity contribution is 5.95. The van der Waals surface area contributed by atoms with Crippen molar-refractivity contribution in [3.05, 3.63) is 102 Å². The van der Waals surface area contributed by atoms with E-state index in [4.69, 9.17) is 0 Å². The number of rotatable bonds is 5. The van der Waals surface area contributed by atoms with Gasteiger partial charge in [-0.1, -0.05) is 36.4 Å². The Morgan fingerprint density at radius 3 is 2.50 bits per heavy atom. The van der Waals surface area contributed by atoms with Crippen LogP contribution in [-0.4, -0.2) is 15.9 Å². The topological polar surface area (TPSA) is 82.4 Å². The highest BCUT2D eigenvalue weighted by Gasteiger charge is 2.21. The van der Waals surface area contributed by atoms with Crippen LogP contribution < -0.4 is 10.4 Å². The number of amides is 1. The molecule has 0 radical (unpaired) electrons. The molecular weight excluding hydrogens is 352 g/mol. The van der Waals surface area contributed by atoms with Crippen molar-refractivity contribution in [2.75, 3.05) is 5.32 Å². The van der Waals surface area contributed by atoms with Gasteiger partial charge in [0.2, 0.25) is 5.82 Å². The van der Waals surface area contributed by atoms with Gasteiger partial charge in [0.05, 0.1) is 5.69 Å². The molecule has 0 aliphatic rings. The number of pyridine rings is 2. The maximum absolute atomic E-state index is 12.9. The average Bonchev–Trinajstić information content (AvgIpc) is 2.77. The monoisotopic (exact) mass is 370 g/mol. The van der Waals surface area contributed by atoms with Crippen molar-refractivity contribution in [1.29, 1.82) is 0 Å². The summed E-state index contributed by atoms with van der Waals surface area (Å²) in [6.45, 7) is 0.523. The maximum Gasteiger partial charge on any atom is 0.352 e. The zero-order chi connectivity index (χ0) is 19.3. The van der Waals surface area contributed by atoms with Crippen molar-refractivity contribution in [3.8, 4) is 0 Å². The minimum atomic E-state index is -0.621. The fourth-order valence-electron chi connectivity index (χ4n) is 2.98. The lowest BCUT2D eigenvalue weighted by atomic mass is 10.1. The minimum absolute atomic E-state index is 0.146. The number of aromatic nitrogens is 2. The highest BCUT2D eigenvalue weighted by atomic mass is 16.5. The molecule has 4 rings (SSSR count). The standard InChI is InChI=1S/C22H18N4O2/c27-22(26(28)21-13-17-5-1-2-6-18(17)15-25-21)19-7-3-4-8-20(19)24-14-16-9-11-23-12-10-16/h1-13,15,24,26H,14H2. The van der Waals surface area contributed by atoms with Gasteiger partial charge in [-0.05, 0) is 35.2 Å². The van der Waals surface area contributed by atoms with E-state index in [1.54, 1.807) is 42.9 Å². The molecule has 28 heavy (non-hydrogen) atoms. The van der Waals surface area contributed by atoms with Gasteiger partial charge in [0.1, 0.15) is 5.56 Å². The number of hydroxylamine groups is 1. The molecule has 138 valence electrons. The van der Waals surface area contributed by atoms with Crippen molar-refractivity contribution in [2.45, 2.75) is 6.54 Å². The van der Waals surface area contributed by atoms with Gasteiger partial charge in [0.25, 0.3) is 0 Å².